The standard InChI is InChI=1S/C17H20N4O2S/c22-16(19-13-7-4-10-18-11-13)14-8-9-15(24-14)21-17(23)20-12-5-2-1-3-6-12/h1-3,5-6,8-9,13,18H,4,7,10-11H2,(H,19,22)(H2,20,21,23). The Labute approximate surface area is 144 Å². The summed E-state index contributed by atoms with van der Waals surface area (Å²) < 4.78 is 0. The number of para-hydroxylation sites is 1. The second-order valence-corrected chi connectivity index (χ2v) is 6.71. The number of nitrogens with one attached hydrogen (secondary N) is 4. The second-order valence-electron chi connectivity index (χ2n) is 5.63. The van der Waals surface area contributed by atoms with E-state index in [1.807, 2.05) is 30.3 Å². The van der Waals surface area contributed by atoms with Crippen LogP contribution in [0.3, 0.4) is 0 Å². The van der Waals surface area contributed by atoms with Crippen molar-refractivity contribution in [3.8, 4) is 0 Å². The highest BCUT2D eigenvalue weighted by Gasteiger charge is 2.17. The Morgan fingerprint density at radius 2 is 1.92 bits per heavy atom. The molecule has 3 rings (SSSR count). The molecule has 3 amide bonds. The minimum atomic E-state index is -0.327. The minimum absolute atomic E-state index is 0.0924. The van der Waals surface area contributed by atoms with Crippen molar-refractivity contribution in [2.45, 2.75) is 18.9 Å². The van der Waals surface area contributed by atoms with E-state index in [1.54, 1.807) is 12.1 Å². The molecule has 4 N–H and O–H groups in total. The van der Waals surface area contributed by atoms with E-state index in [2.05, 4.69) is 21.3 Å². The molecular weight excluding hydrogens is 324 g/mol. The molecule has 0 aliphatic carbocycles. The number of hydrogen-bond donors (Lipinski definition) is 4. The smallest absolute Gasteiger partial charge is 0.324 e. The maximum absolute atomic E-state index is 12.2. The molecule has 2 heterocycles. The fourth-order valence-electron chi connectivity index (χ4n) is 2.55. The van der Waals surface area contributed by atoms with Crippen LogP contribution >= 0.6 is 11.3 Å². The third kappa shape index (κ3) is 4.56. The summed E-state index contributed by atoms with van der Waals surface area (Å²) in [6, 6.07) is 12.5. The molecule has 126 valence electrons. The SMILES string of the molecule is O=C(Nc1ccccc1)Nc1ccc(C(=O)NC2CCCNC2)s1. The summed E-state index contributed by atoms with van der Waals surface area (Å²) in [7, 11) is 0. The highest BCUT2D eigenvalue weighted by molar-refractivity contribution is 7.18. The Morgan fingerprint density at radius 1 is 1.08 bits per heavy atom. The zero-order valence-corrected chi connectivity index (χ0v) is 14.0. The van der Waals surface area contributed by atoms with Crippen LogP contribution in [0.1, 0.15) is 22.5 Å². The first-order chi connectivity index (χ1) is 11.7. The number of benzene rings is 1. The molecule has 24 heavy (non-hydrogen) atoms. The molecule has 1 atom stereocenters. The van der Waals surface area contributed by atoms with Crippen LogP contribution in [0, 0.1) is 0 Å². The lowest BCUT2D eigenvalue weighted by molar-refractivity contribution is 0.0935. The molecule has 7 heteroatoms. The Bertz CT molecular complexity index is 696. The number of anilines is 2. The van der Waals surface area contributed by atoms with Gasteiger partial charge in [0.25, 0.3) is 5.91 Å². The Hall–Kier alpha value is -2.38. The van der Waals surface area contributed by atoms with Crippen molar-refractivity contribution in [3.63, 3.8) is 0 Å². The molecule has 0 radical (unpaired) electrons. The number of piperidine rings is 1. The van der Waals surface area contributed by atoms with Gasteiger partial charge in [0.05, 0.1) is 9.88 Å². The lowest BCUT2D eigenvalue weighted by Crippen LogP contribution is -2.45. The molecule has 1 aromatic carbocycles. The second kappa shape index (κ2) is 7.94. The fraction of sp³-hybridized carbons (Fsp3) is 0.294. The predicted octanol–water partition coefficient (Wildman–Crippen LogP) is 2.87. The lowest BCUT2D eigenvalue weighted by Gasteiger charge is -2.23. The third-order valence-corrected chi connectivity index (χ3v) is 4.73. The van der Waals surface area contributed by atoms with E-state index in [9.17, 15) is 9.59 Å². The molecule has 0 bridgehead atoms. The van der Waals surface area contributed by atoms with Crippen molar-refractivity contribution in [3.05, 3.63) is 47.3 Å². The number of rotatable bonds is 4. The number of urea groups is 1. The maximum Gasteiger partial charge on any atom is 0.324 e. The molecule has 6 nitrogen and oxygen atoms in total. The van der Waals surface area contributed by atoms with E-state index in [1.165, 1.54) is 11.3 Å². The van der Waals surface area contributed by atoms with Gasteiger partial charge in [-0.05, 0) is 43.7 Å². The zero-order valence-electron chi connectivity index (χ0n) is 13.2. The van der Waals surface area contributed by atoms with Gasteiger partial charge in [0.1, 0.15) is 0 Å². The Balaban J connectivity index is 1.52. The summed E-state index contributed by atoms with van der Waals surface area (Å²) in [5.74, 6) is -0.0924. The van der Waals surface area contributed by atoms with Gasteiger partial charge >= 0.3 is 6.03 Å². The molecule has 1 fully saturated rings. The largest absolute Gasteiger partial charge is 0.347 e. The molecule has 0 saturated carbocycles. The monoisotopic (exact) mass is 344 g/mol. The Morgan fingerprint density at radius 3 is 2.67 bits per heavy atom. The molecule has 1 saturated heterocycles. The molecule has 1 aliphatic rings. The summed E-state index contributed by atoms with van der Waals surface area (Å²) in [5.41, 5.74) is 0.717. The van der Waals surface area contributed by atoms with E-state index in [4.69, 9.17) is 0 Å². The maximum atomic E-state index is 12.2. The van der Waals surface area contributed by atoms with Gasteiger partial charge < -0.3 is 16.0 Å². The molecule has 1 unspecified atom stereocenters. The van der Waals surface area contributed by atoms with Crippen molar-refractivity contribution >= 4 is 34.0 Å². The van der Waals surface area contributed by atoms with Crippen molar-refractivity contribution in [2.75, 3.05) is 23.7 Å². The predicted molar refractivity (Wildman–Crippen MR) is 96.8 cm³/mol. The first-order valence-electron chi connectivity index (χ1n) is 7.95. The average molecular weight is 344 g/mol. The number of carbonyl (C=O) groups excluding carboxylic acids is 2. The van der Waals surface area contributed by atoms with Crippen molar-refractivity contribution in [2.24, 2.45) is 0 Å². The Kier molecular flexibility index (Phi) is 5.45. The highest BCUT2D eigenvalue weighted by atomic mass is 32.1. The van der Waals surface area contributed by atoms with Crippen LogP contribution in [-0.2, 0) is 0 Å². The van der Waals surface area contributed by atoms with Gasteiger partial charge in [-0.2, -0.15) is 0 Å². The topological polar surface area (TPSA) is 82.3 Å². The van der Waals surface area contributed by atoms with Crippen molar-refractivity contribution < 1.29 is 9.59 Å². The third-order valence-electron chi connectivity index (χ3n) is 3.73. The number of amides is 3. The van der Waals surface area contributed by atoms with Gasteiger partial charge in [0.15, 0.2) is 0 Å². The first kappa shape index (κ1) is 16.5. The van der Waals surface area contributed by atoms with E-state index in [0.717, 1.165) is 25.9 Å². The molecule has 1 aliphatic heterocycles. The van der Waals surface area contributed by atoms with Crippen molar-refractivity contribution in [1.82, 2.24) is 10.6 Å². The van der Waals surface area contributed by atoms with E-state index >= 15 is 0 Å². The van der Waals surface area contributed by atoms with Crippen LogP contribution in [0.25, 0.3) is 0 Å². The number of thiophene rings is 1. The van der Waals surface area contributed by atoms with Crippen LogP contribution in [0.4, 0.5) is 15.5 Å². The lowest BCUT2D eigenvalue weighted by atomic mass is 10.1. The van der Waals surface area contributed by atoms with Crippen molar-refractivity contribution in [1.29, 1.82) is 0 Å². The van der Waals surface area contributed by atoms with Gasteiger partial charge in [-0.25, -0.2) is 4.79 Å². The molecule has 2 aromatic rings. The quantitative estimate of drug-likeness (QED) is 0.688. The summed E-state index contributed by atoms with van der Waals surface area (Å²) in [5, 5.41) is 12.4. The average Bonchev–Trinajstić information content (AvgIpc) is 3.05. The minimum Gasteiger partial charge on any atom is -0.347 e. The van der Waals surface area contributed by atoms with Gasteiger partial charge in [-0.3, -0.25) is 10.1 Å². The summed E-state index contributed by atoms with van der Waals surface area (Å²) in [4.78, 5) is 24.8. The fourth-order valence-corrected chi connectivity index (χ4v) is 3.36. The number of carbonyl (C=O) groups is 2. The molecular formula is C17H20N4O2S. The van der Waals surface area contributed by atoms with E-state index in [0.29, 0.717) is 15.6 Å². The van der Waals surface area contributed by atoms with Gasteiger partial charge in [-0.15, -0.1) is 11.3 Å². The summed E-state index contributed by atoms with van der Waals surface area (Å²) in [6.45, 7) is 1.82. The van der Waals surface area contributed by atoms with Crippen LogP contribution in [0.2, 0.25) is 0 Å². The van der Waals surface area contributed by atoms with E-state index in [-0.39, 0.29) is 18.0 Å². The van der Waals surface area contributed by atoms with Crippen LogP contribution < -0.4 is 21.3 Å². The van der Waals surface area contributed by atoms with Crippen LogP contribution in [0.5, 0.6) is 0 Å². The normalized spacial score (nSPS) is 17.1. The van der Waals surface area contributed by atoms with Gasteiger partial charge in [0, 0.05) is 18.3 Å². The molecule has 1 aromatic heterocycles. The van der Waals surface area contributed by atoms with Crippen LogP contribution in [-0.4, -0.2) is 31.1 Å². The van der Waals surface area contributed by atoms with Gasteiger partial charge in [-0.1, -0.05) is 18.2 Å². The van der Waals surface area contributed by atoms with E-state index < -0.39 is 0 Å². The molecule has 0 spiro atoms. The van der Waals surface area contributed by atoms with Crippen LogP contribution in [0.15, 0.2) is 42.5 Å². The summed E-state index contributed by atoms with van der Waals surface area (Å²) >= 11 is 1.26. The zero-order chi connectivity index (χ0) is 16.8. The summed E-state index contributed by atoms with van der Waals surface area (Å²) in [6.07, 6.45) is 2.07. The van der Waals surface area contributed by atoms with Gasteiger partial charge in [0.2, 0.25) is 0 Å². The highest BCUT2D eigenvalue weighted by Crippen LogP contribution is 2.22. The number of hydrogen-bond acceptors (Lipinski definition) is 4. The first-order valence-corrected chi connectivity index (χ1v) is 8.77.